The number of hydrogen-bond donors (Lipinski definition) is 2. The lowest BCUT2D eigenvalue weighted by atomic mass is 9.98. The zero-order valence-corrected chi connectivity index (χ0v) is 17.7. The molecule has 0 radical (unpaired) electrons. The molecule has 1 atom stereocenters. The number of amides is 1. The molecular weight excluding hydrogens is 362 g/mol. The van der Waals surface area contributed by atoms with Gasteiger partial charge in [-0.3, -0.25) is 4.79 Å². The molecule has 0 aliphatic carbocycles. The number of carbonyl (C=O) groups excluding carboxylic acids is 1. The highest BCUT2D eigenvalue weighted by Gasteiger charge is 2.21. The molecule has 0 saturated heterocycles. The van der Waals surface area contributed by atoms with Crippen LogP contribution in [0.5, 0.6) is 0 Å². The van der Waals surface area contributed by atoms with E-state index in [9.17, 15) is 14.7 Å². The van der Waals surface area contributed by atoms with Gasteiger partial charge in [-0.2, -0.15) is 0 Å². The quantitative estimate of drug-likeness (QED) is 0.392. The molecule has 4 heteroatoms. The molecule has 0 saturated carbocycles. The topological polar surface area (TPSA) is 66.4 Å². The van der Waals surface area contributed by atoms with Gasteiger partial charge in [0.2, 0.25) is 5.91 Å². The molecule has 0 bridgehead atoms. The number of aliphatic carboxylic acids is 1. The van der Waals surface area contributed by atoms with Crippen LogP contribution in [0.15, 0.2) is 42.5 Å². The number of rotatable bonds is 14. The number of unbranched alkanes of at least 4 members (excludes halogenated alkanes) is 8. The smallest absolute Gasteiger partial charge is 0.326 e. The number of hydrogen-bond acceptors (Lipinski definition) is 2. The average Bonchev–Trinajstić information content (AvgIpc) is 2.72. The maximum absolute atomic E-state index is 12.2. The predicted octanol–water partition coefficient (Wildman–Crippen LogP) is 5.87. The fraction of sp³-hybridized carbons (Fsp3) is 0.520. The van der Waals surface area contributed by atoms with Gasteiger partial charge in [-0.05, 0) is 22.8 Å². The van der Waals surface area contributed by atoms with Crippen LogP contribution >= 0.6 is 0 Å². The van der Waals surface area contributed by atoms with E-state index in [0.29, 0.717) is 12.8 Å². The van der Waals surface area contributed by atoms with Crippen molar-refractivity contribution in [3.05, 3.63) is 48.0 Å². The van der Waals surface area contributed by atoms with Gasteiger partial charge >= 0.3 is 5.97 Å². The molecule has 2 N–H and O–H groups in total. The molecule has 29 heavy (non-hydrogen) atoms. The van der Waals surface area contributed by atoms with Crippen LogP contribution in [-0.2, 0) is 16.0 Å². The summed E-state index contributed by atoms with van der Waals surface area (Å²) in [6, 6.07) is 12.9. The molecule has 0 unspecified atom stereocenters. The molecule has 0 aromatic heterocycles. The van der Waals surface area contributed by atoms with E-state index in [4.69, 9.17) is 0 Å². The molecule has 4 nitrogen and oxygen atoms in total. The average molecular weight is 398 g/mol. The zero-order valence-electron chi connectivity index (χ0n) is 17.7. The van der Waals surface area contributed by atoms with Crippen molar-refractivity contribution < 1.29 is 14.7 Å². The minimum Gasteiger partial charge on any atom is -0.480 e. The Morgan fingerprint density at radius 1 is 0.862 bits per heavy atom. The van der Waals surface area contributed by atoms with Crippen molar-refractivity contribution in [3.8, 4) is 0 Å². The number of carboxylic acid groups (broad SMARTS) is 1. The molecule has 2 aromatic rings. The lowest BCUT2D eigenvalue weighted by molar-refractivity contribution is -0.141. The minimum atomic E-state index is -0.988. The van der Waals surface area contributed by atoms with E-state index in [0.717, 1.165) is 35.6 Å². The van der Waals surface area contributed by atoms with Crippen LogP contribution in [0.4, 0.5) is 0 Å². The minimum absolute atomic E-state index is 0.166. The number of carboxylic acids is 1. The van der Waals surface area contributed by atoms with Crippen LogP contribution < -0.4 is 5.32 Å². The summed E-state index contributed by atoms with van der Waals surface area (Å²) in [4.78, 5) is 23.9. The van der Waals surface area contributed by atoms with Crippen LogP contribution in [-0.4, -0.2) is 23.0 Å². The highest BCUT2D eigenvalue weighted by atomic mass is 16.4. The fourth-order valence-electron chi connectivity index (χ4n) is 3.75. The molecule has 0 heterocycles. The summed E-state index contributed by atoms with van der Waals surface area (Å²) >= 11 is 0. The van der Waals surface area contributed by atoms with E-state index in [1.54, 1.807) is 0 Å². The SMILES string of the molecule is CCCCCCCCCCCC(=O)N[C@@H](Cc1cccc2ccccc12)C(=O)O. The third-order valence-electron chi connectivity index (χ3n) is 5.44. The number of carbonyl (C=O) groups is 2. The van der Waals surface area contributed by atoms with Gasteiger partial charge in [-0.1, -0.05) is 101 Å². The van der Waals surface area contributed by atoms with Crippen molar-refractivity contribution in [2.45, 2.75) is 83.6 Å². The molecule has 0 aliphatic heterocycles. The Bertz CT molecular complexity index is 766. The first-order chi connectivity index (χ1) is 14.1. The monoisotopic (exact) mass is 397 g/mol. The first-order valence-electron chi connectivity index (χ1n) is 11.1. The molecule has 1 amide bonds. The van der Waals surface area contributed by atoms with Crippen molar-refractivity contribution in [1.29, 1.82) is 0 Å². The summed E-state index contributed by atoms with van der Waals surface area (Å²) < 4.78 is 0. The Morgan fingerprint density at radius 3 is 2.17 bits per heavy atom. The Kier molecular flexibility index (Phi) is 10.3. The van der Waals surface area contributed by atoms with Crippen LogP contribution in [0.25, 0.3) is 10.8 Å². The van der Waals surface area contributed by atoms with E-state index in [2.05, 4.69) is 12.2 Å². The second-order valence-electron chi connectivity index (χ2n) is 7.88. The van der Waals surface area contributed by atoms with Crippen LogP contribution in [0.2, 0.25) is 0 Å². The van der Waals surface area contributed by atoms with Gasteiger partial charge in [0, 0.05) is 12.8 Å². The summed E-state index contributed by atoms with van der Waals surface area (Å²) in [7, 11) is 0. The Labute approximate surface area is 174 Å². The van der Waals surface area contributed by atoms with Gasteiger partial charge in [-0.25, -0.2) is 4.79 Å². The number of benzene rings is 2. The van der Waals surface area contributed by atoms with E-state index in [1.165, 1.54) is 38.5 Å². The molecular formula is C25H35NO3. The first-order valence-corrected chi connectivity index (χ1v) is 11.1. The van der Waals surface area contributed by atoms with Crippen LogP contribution in [0.3, 0.4) is 0 Å². The van der Waals surface area contributed by atoms with Gasteiger partial charge in [0.15, 0.2) is 0 Å². The zero-order chi connectivity index (χ0) is 20.9. The second kappa shape index (κ2) is 13.0. The number of nitrogens with one attached hydrogen (secondary N) is 1. The molecule has 0 fully saturated rings. The molecule has 158 valence electrons. The van der Waals surface area contributed by atoms with Crippen molar-refractivity contribution in [3.63, 3.8) is 0 Å². The summed E-state index contributed by atoms with van der Waals surface area (Å²) in [6.07, 6.45) is 11.4. The number of fused-ring (bicyclic) bond motifs is 1. The van der Waals surface area contributed by atoms with Gasteiger partial charge in [0.25, 0.3) is 0 Å². The van der Waals surface area contributed by atoms with Crippen LogP contribution in [0, 0.1) is 0 Å². The van der Waals surface area contributed by atoms with E-state index < -0.39 is 12.0 Å². The second-order valence-corrected chi connectivity index (χ2v) is 7.88. The van der Waals surface area contributed by atoms with Crippen molar-refractivity contribution >= 4 is 22.6 Å². The molecule has 0 spiro atoms. The maximum Gasteiger partial charge on any atom is 0.326 e. The Morgan fingerprint density at radius 2 is 1.48 bits per heavy atom. The van der Waals surface area contributed by atoms with Gasteiger partial charge in [0.05, 0.1) is 0 Å². The molecule has 0 aliphatic rings. The summed E-state index contributed by atoms with van der Waals surface area (Å²) in [5.41, 5.74) is 0.943. The third-order valence-corrected chi connectivity index (χ3v) is 5.44. The van der Waals surface area contributed by atoms with Gasteiger partial charge in [-0.15, -0.1) is 0 Å². The van der Waals surface area contributed by atoms with E-state index in [1.807, 2.05) is 42.5 Å². The van der Waals surface area contributed by atoms with E-state index in [-0.39, 0.29) is 5.91 Å². The Hall–Kier alpha value is -2.36. The third kappa shape index (κ3) is 8.26. The maximum atomic E-state index is 12.2. The Balaban J connectivity index is 1.74. The van der Waals surface area contributed by atoms with Crippen LogP contribution in [0.1, 0.15) is 76.7 Å². The molecule has 2 aromatic carbocycles. The molecule has 2 rings (SSSR count). The predicted molar refractivity (Wildman–Crippen MR) is 119 cm³/mol. The summed E-state index contributed by atoms with van der Waals surface area (Å²) in [5, 5.41) is 14.4. The first kappa shape index (κ1) is 22.9. The largest absolute Gasteiger partial charge is 0.480 e. The summed E-state index contributed by atoms with van der Waals surface area (Å²) in [5.74, 6) is -1.15. The highest BCUT2D eigenvalue weighted by molar-refractivity contribution is 5.88. The van der Waals surface area contributed by atoms with Gasteiger partial charge in [0.1, 0.15) is 6.04 Å². The lowest BCUT2D eigenvalue weighted by Crippen LogP contribution is -2.42. The van der Waals surface area contributed by atoms with Crippen molar-refractivity contribution in [2.24, 2.45) is 0 Å². The fourth-order valence-corrected chi connectivity index (χ4v) is 3.75. The van der Waals surface area contributed by atoms with E-state index >= 15 is 0 Å². The van der Waals surface area contributed by atoms with Crippen molar-refractivity contribution in [2.75, 3.05) is 0 Å². The van der Waals surface area contributed by atoms with Crippen molar-refractivity contribution in [1.82, 2.24) is 5.32 Å². The highest BCUT2D eigenvalue weighted by Crippen LogP contribution is 2.20. The summed E-state index contributed by atoms with van der Waals surface area (Å²) in [6.45, 7) is 2.22. The van der Waals surface area contributed by atoms with Gasteiger partial charge < -0.3 is 10.4 Å². The lowest BCUT2D eigenvalue weighted by Gasteiger charge is -2.16. The standard InChI is InChI=1S/C25H35NO3/c1-2-3-4-5-6-7-8-9-10-18-24(27)26-23(25(28)29)19-21-16-13-15-20-14-11-12-17-22(20)21/h11-17,23H,2-10,18-19H2,1H3,(H,26,27)(H,28,29)/t23-/m0/s1. The normalized spacial score (nSPS) is 12.0.